The molecule has 339 valence electrons. The van der Waals surface area contributed by atoms with Crippen LogP contribution in [0.15, 0.2) is 96.6 Å². The van der Waals surface area contributed by atoms with Gasteiger partial charge < -0.3 is 21.3 Å². The summed E-state index contributed by atoms with van der Waals surface area (Å²) in [5.41, 5.74) is 18.5. The maximum absolute atomic E-state index is 11.2. The Morgan fingerprint density at radius 2 is 1.03 bits per heavy atom. The number of rotatable bonds is 1. The molecule has 0 fully saturated rings. The number of Topliss-reactive ketones (excluding diaryl/α,β-unsaturated/α-hetero) is 1. The molecule has 5 N–H and O–H groups in total. The zero-order valence-electron chi connectivity index (χ0n) is 36.3. The molecule has 1 unspecified atom stereocenters. The number of nitrogens with one attached hydrogen (secondary N) is 1. The predicted octanol–water partition coefficient (Wildman–Crippen LogP) is 7.99. The summed E-state index contributed by atoms with van der Waals surface area (Å²) >= 11 is -1.44. The number of nitrogens with two attached hydrogens (primary N) is 1. The molecule has 10 rings (SSSR count). The van der Waals surface area contributed by atoms with Gasteiger partial charge in [0.05, 0.1) is 34.6 Å². The van der Waals surface area contributed by atoms with E-state index >= 15 is 0 Å². The molecule has 0 saturated heterocycles. The fraction of sp³-hybridized carbons (Fsp3) is 0.449. The van der Waals surface area contributed by atoms with E-state index in [2.05, 4.69) is 53.4 Å². The van der Waals surface area contributed by atoms with Crippen LogP contribution in [0, 0.1) is 0 Å². The Morgan fingerprint density at radius 3 is 1.57 bits per heavy atom. The van der Waals surface area contributed by atoms with Crippen molar-refractivity contribution < 1.29 is 37.5 Å². The summed E-state index contributed by atoms with van der Waals surface area (Å²) in [6.07, 6.45) is 24.9. The third-order valence-electron chi connectivity index (χ3n) is 11.2. The predicted molar refractivity (Wildman–Crippen MR) is 243 cm³/mol. The monoisotopic (exact) mass is 901 g/mol. The molecule has 0 bridgehead atoms. The molecular weight excluding hydrogens is 836 g/mol. The average Bonchev–Trinajstić information content (AvgIpc) is 3.33. The van der Waals surface area contributed by atoms with E-state index in [4.69, 9.17) is 18.5 Å². The van der Waals surface area contributed by atoms with Gasteiger partial charge in [0.2, 0.25) is 0 Å². The quantitative estimate of drug-likeness (QED) is 0.118. The van der Waals surface area contributed by atoms with Crippen LogP contribution in [0.25, 0.3) is 0 Å². The van der Waals surface area contributed by atoms with E-state index in [1.165, 1.54) is 60.1 Å². The van der Waals surface area contributed by atoms with E-state index in [0.29, 0.717) is 18.2 Å². The number of nitrogens with zero attached hydrogens (tertiary/aromatic N) is 6. The topological polar surface area (TPSA) is 207 Å². The van der Waals surface area contributed by atoms with Crippen molar-refractivity contribution in [3.8, 4) is 0 Å². The van der Waals surface area contributed by atoms with E-state index in [9.17, 15) is 9.90 Å². The molecule has 14 heteroatoms. The molecule has 3 atom stereocenters. The number of aryl methyl sites for hydroxylation is 5. The molecule has 0 aromatic carbocycles. The van der Waals surface area contributed by atoms with Crippen molar-refractivity contribution >= 4 is 11.5 Å². The Morgan fingerprint density at radius 1 is 0.603 bits per heavy atom. The van der Waals surface area contributed by atoms with Crippen molar-refractivity contribution in [3.05, 3.63) is 148 Å². The normalized spacial score (nSPS) is 18.9. The van der Waals surface area contributed by atoms with Crippen molar-refractivity contribution in [2.75, 3.05) is 21.2 Å². The Labute approximate surface area is 379 Å². The van der Waals surface area contributed by atoms with Crippen LogP contribution in [-0.2, 0) is 54.6 Å². The number of aliphatic hydroxyl groups is 2. The van der Waals surface area contributed by atoms with Gasteiger partial charge in [-0.2, -0.15) is 0 Å². The summed E-state index contributed by atoms with van der Waals surface area (Å²) in [7, 11) is 4.85. The Hall–Kier alpha value is -4.95. The standard InChI is InChI=1S/C10H14N2.C10H12N2.C9H12N2.C9H11NO.C9H9NO.CH4O.CH4.Mn.2O/c2*1-11-9-6-2-4-8-5-3-7-12-10(8)9;10-8-5-1-3-7-4-2-6-11-9(7)8;2*11-8-5-1-3-7-4-2-6-10-9(7)8;1-2;;;;/h3,5,7,9,11H,2,4,6H2,1H3;3,5,7H,2,4,6H2,1H3;2,4,6,8H,1,3,5,10H2;2,4,6,8,11H,1,3,5H2;2,4,6H,1,3,5H2;2H,1H3;1H4;;;/t9-;;8-;;;;;;;/m1.1......./s1. The summed E-state index contributed by atoms with van der Waals surface area (Å²) in [6.45, 7) is 0. The number of carbonyl (C=O) groups excluding carboxylic acids is 1. The molecule has 0 aliphatic heterocycles. The van der Waals surface area contributed by atoms with Crippen LogP contribution in [0.1, 0.15) is 151 Å². The van der Waals surface area contributed by atoms with Gasteiger partial charge >= 0.3 is 22.5 Å². The van der Waals surface area contributed by atoms with E-state index in [1.807, 2.05) is 75.2 Å². The van der Waals surface area contributed by atoms with Crippen LogP contribution in [-0.4, -0.2) is 67.8 Å². The second-order valence-electron chi connectivity index (χ2n) is 15.2. The van der Waals surface area contributed by atoms with Crippen molar-refractivity contribution in [2.45, 2.75) is 122 Å². The first-order chi connectivity index (χ1) is 30.4. The maximum atomic E-state index is 11.2. The first-order valence-corrected chi connectivity index (χ1v) is 22.5. The van der Waals surface area contributed by atoms with Gasteiger partial charge in [0.25, 0.3) is 0 Å². The van der Waals surface area contributed by atoms with E-state index in [1.54, 1.807) is 12.4 Å². The van der Waals surface area contributed by atoms with Crippen LogP contribution in [0.5, 0.6) is 0 Å². The number of carbonyl (C=O) groups is 1. The minimum atomic E-state index is -1.44. The molecule has 5 heterocycles. The van der Waals surface area contributed by atoms with Gasteiger partial charge in [-0.3, -0.25) is 34.7 Å². The van der Waals surface area contributed by atoms with Gasteiger partial charge in [-0.1, -0.05) is 37.8 Å². The van der Waals surface area contributed by atoms with Gasteiger partial charge in [-0.25, -0.2) is 0 Å². The van der Waals surface area contributed by atoms with Gasteiger partial charge in [-0.15, -0.1) is 0 Å². The fourth-order valence-electron chi connectivity index (χ4n) is 8.25. The average molecular weight is 902 g/mol. The molecular formula is C49H66MnN8O5. The number of aliphatic hydroxyl groups excluding tert-OH is 2. The van der Waals surface area contributed by atoms with Crippen molar-refractivity contribution in [1.82, 2.24) is 30.2 Å². The Bertz CT molecular complexity index is 2140. The molecule has 5 aliphatic carbocycles. The van der Waals surface area contributed by atoms with E-state index in [0.717, 1.165) is 93.3 Å². The summed E-state index contributed by atoms with van der Waals surface area (Å²) < 4.78 is 16.8. The molecule has 0 spiro atoms. The van der Waals surface area contributed by atoms with Gasteiger partial charge in [0, 0.05) is 63.6 Å². The van der Waals surface area contributed by atoms with Crippen LogP contribution >= 0.6 is 0 Å². The molecule has 13 nitrogen and oxygen atoms in total. The van der Waals surface area contributed by atoms with Crippen LogP contribution in [0.3, 0.4) is 0 Å². The molecule has 5 aliphatic rings. The third kappa shape index (κ3) is 16.0. The van der Waals surface area contributed by atoms with Crippen LogP contribution in [0.4, 0.5) is 0 Å². The second-order valence-corrected chi connectivity index (χ2v) is 15.4. The Kier molecular flexibility index (Phi) is 24.5. The number of ketones is 1. The number of hydrogen-bond donors (Lipinski definition) is 4. The van der Waals surface area contributed by atoms with Gasteiger partial charge in [-0.05, 0) is 155 Å². The minimum absolute atomic E-state index is 0. The number of pyridine rings is 5. The summed E-state index contributed by atoms with van der Waals surface area (Å²) in [5.74, 6) is 0.201. The van der Waals surface area contributed by atoms with Gasteiger partial charge in [0.1, 0.15) is 5.69 Å². The molecule has 0 amide bonds. The number of fused-ring (bicyclic) bond motifs is 5. The van der Waals surface area contributed by atoms with Crippen molar-refractivity contribution in [3.63, 3.8) is 0 Å². The first-order valence-electron chi connectivity index (χ1n) is 21.5. The summed E-state index contributed by atoms with van der Waals surface area (Å²) in [6, 6.07) is 21.0. The molecule has 0 radical (unpaired) electrons. The van der Waals surface area contributed by atoms with Gasteiger partial charge in [0.15, 0.2) is 5.78 Å². The first kappa shape index (κ1) is 52.4. The summed E-state index contributed by atoms with van der Waals surface area (Å²) in [5, 5.41) is 19.8. The zero-order valence-corrected chi connectivity index (χ0v) is 37.4. The second kappa shape index (κ2) is 29.4. The van der Waals surface area contributed by atoms with Crippen molar-refractivity contribution in [1.29, 1.82) is 0 Å². The molecule has 5 aromatic rings. The molecule has 5 aromatic heterocycles. The SMILES string of the molecule is C.CN=C1CCCc2cccnc21.CN[C@@H]1CCCc2cccnc21.CO.N[C@@H]1CCCc2cccnc21.O=C1CCCc2cccnc21.OC1CCCc2cccnc21.[O]=[Mn]=[O]. The van der Waals surface area contributed by atoms with E-state index < -0.39 is 14.8 Å². The van der Waals surface area contributed by atoms with E-state index in [-0.39, 0.29) is 25.4 Å². The van der Waals surface area contributed by atoms with Crippen molar-refractivity contribution in [2.24, 2.45) is 10.7 Å². The van der Waals surface area contributed by atoms with Crippen LogP contribution < -0.4 is 11.1 Å². The number of aliphatic imine (C=N–C) groups is 1. The fourth-order valence-corrected chi connectivity index (χ4v) is 8.25. The summed E-state index contributed by atoms with van der Waals surface area (Å²) in [4.78, 5) is 36.7. The third-order valence-corrected chi connectivity index (χ3v) is 11.2. The molecule has 0 saturated carbocycles. The zero-order chi connectivity index (χ0) is 44.5. The Balaban J connectivity index is 0.000000203. The number of aromatic nitrogens is 5. The number of hydrogen-bond acceptors (Lipinski definition) is 13. The molecule has 63 heavy (non-hydrogen) atoms. The van der Waals surface area contributed by atoms with Crippen LogP contribution in [0.2, 0.25) is 0 Å².